The standard InChI is InChI=1S/C26H31N5O/c32-26(28-16-6-9-22-7-2-1-3-8-22)29-24-13-11-23(12-14-24)21-30-17-19-31(20-18-30)25-10-4-5-15-27-25/h1-5,7-8,10-15H,6,9,16-21H2,(H2,28,29,32). The first-order chi connectivity index (χ1) is 15.8. The molecule has 3 aromatic rings. The maximum absolute atomic E-state index is 12.1. The lowest BCUT2D eigenvalue weighted by molar-refractivity contribution is 0.249. The summed E-state index contributed by atoms with van der Waals surface area (Å²) >= 11 is 0. The summed E-state index contributed by atoms with van der Waals surface area (Å²) in [6.07, 6.45) is 3.73. The fourth-order valence-electron chi connectivity index (χ4n) is 3.94. The molecule has 2 heterocycles. The van der Waals surface area contributed by atoms with Gasteiger partial charge in [0, 0.05) is 51.2 Å². The third-order valence-electron chi connectivity index (χ3n) is 5.73. The molecule has 0 aliphatic carbocycles. The summed E-state index contributed by atoms with van der Waals surface area (Å²) in [7, 11) is 0. The minimum Gasteiger partial charge on any atom is -0.354 e. The van der Waals surface area contributed by atoms with Crippen molar-refractivity contribution in [2.24, 2.45) is 0 Å². The van der Waals surface area contributed by atoms with Crippen LogP contribution < -0.4 is 15.5 Å². The zero-order valence-electron chi connectivity index (χ0n) is 18.4. The molecule has 6 heteroatoms. The van der Waals surface area contributed by atoms with Gasteiger partial charge in [0.25, 0.3) is 0 Å². The van der Waals surface area contributed by atoms with E-state index < -0.39 is 0 Å². The molecular formula is C26H31N5O. The summed E-state index contributed by atoms with van der Waals surface area (Å²) in [6, 6.07) is 24.4. The molecule has 1 aliphatic heterocycles. The highest BCUT2D eigenvalue weighted by atomic mass is 16.2. The number of hydrogen-bond donors (Lipinski definition) is 2. The molecule has 1 aromatic heterocycles. The minimum absolute atomic E-state index is 0.156. The van der Waals surface area contributed by atoms with Crippen LogP contribution in [0, 0.1) is 0 Å². The van der Waals surface area contributed by atoms with E-state index in [2.05, 4.69) is 55.7 Å². The molecule has 1 aliphatic rings. The van der Waals surface area contributed by atoms with Crippen LogP contribution in [0.2, 0.25) is 0 Å². The summed E-state index contributed by atoms with van der Waals surface area (Å²) in [5, 5.41) is 5.85. The number of aryl methyl sites for hydroxylation is 1. The Kier molecular flexibility index (Phi) is 7.71. The van der Waals surface area contributed by atoms with Crippen molar-refractivity contribution >= 4 is 17.5 Å². The van der Waals surface area contributed by atoms with Gasteiger partial charge >= 0.3 is 6.03 Å². The normalized spacial score (nSPS) is 14.2. The Hall–Kier alpha value is -3.38. The van der Waals surface area contributed by atoms with Gasteiger partial charge in [0.15, 0.2) is 0 Å². The molecule has 6 nitrogen and oxygen atoms in total. The highest BCUT2D eigenvalue weighted by molar-refractivity contribution is 5.89. The van der Waals surface area contributed by atoms with Gasteiger partial charge in [0.1, 0.15) is 5.82 Å². The molecule has 0 radical (unpaired) electrons. The second-order valence-corrected chi connectivity index (χ2v) is 8.12. The second kappa shape index (κ2) is 11.3. The van der Waals surface area contributed by atoms with E-state index in [0.29, 0.717) is 6.54 Å². The van der Waals surface area contributed by atoms with E-state index in [4.69, 9.17) is 0 Å². The van der Waals surface area contributed by atoms with Gasteiger partial charge in [-0.3, -0.25) is 4.90 Å². The number of aromatic nitrogens is 1. The number of nitrogens with zero attached hydrogens (tertiary/aromatic N) is 3. The van der Waals surface area contributed by atoms with Gasteiger partial charge in [0.2, 0.25) is 0 Å². The summed E-state index contributed by atoms with van der Waals surface area (Å²) in [6.45, 7) is 5.58. The van der Waals surface area contributed by atoms with E-state index in [1.54, 1.807) is 0 Å². The third kappa shape index (κ3) is 6.56. The Morgan fingerprint density at radius 2 is 1.59 bits per heavy atom. The Bertz CT molecular complexity index is 955. The lowest BCUT2D eigenvalue weighted by Crippen LogP contribution is -2.46. The Balaban J connectivity index is 1.15. The predicted molar refractivity (Wildman–Crippen MR) is 130 cm³/mol. The van der Waals surface area contributed by atoms with E-state index in [1.165, 1.54) is 11.1 Å². The number of hydrogen-bond acceptors (Lipinski definition) is 4. The molecule has 0 spiro atoms. The van der Waals surface area contributed by atoms with E-state index in [1.807, 2.05) is 48.7 Å². The average Bonchev–Trinajstić information content (AvgIpc) is 2.85. The van der Waals surface area contributed by atoms with E-state index >= 15 is 0 Å². The maximum Gasteiger partial charge on any atom is 0.319 e. The van der Waals surface area contributed by atoms with Crippen molar-refractivity contribution in [3.63, 3.8) is 0 Å². The summed E-state index contributed by atoms with van der Waals surface area (Å²) in [5.41, 5.74) is 3.36. The lowest BCUT2D eigenvalue weighted by atomic mass is 10.1. The zero-order chi connectivity index (χ0) is 22.0. The number of carbonyl (C=O) groups excluding carboxylic acids is 1. The molecule has 4 rings (SSSR count). The van der Waals surface area contributed by atoms with E-state index in [0.717, 1.165) is 57.1 Å². The quantitative estimate of drug-likeness (QED) is 0.528. The van der Waals surface area contributed by atoms with Crippen molar-refractivity contribution < 1.29 is 4.79 Å². The predicted octanol–water partition coefficient (Wildman–Crippen LogP) is 4.16. The number of amides is 2. The molecule has 1 fully saturated rings. The molecule has 32 heavy (non-hydrogen) atoms. The lowest BCUT2D eigenvalue weighted by Gasteiger charge is -2.35. The Labute approximate surface area is 190 Å². The molecule has 166 valence electrons. The van der Waals surface area contributed by atoms with Crippen LogP contribution >= 0.6 is 0 Å². The fourth-order valence-corrected chi connectivity index (χ4v) is 3.94. The summed E-state index contributed by atoms with van der Waals surface area (Å²) in [4.78, 5) is 21.4. The van der Waals surface area contributed by atoms with Gasteiger partial charge in [0.05, 0.1) is 0 Å². The van der Waals surface area contributed by atoms with Crippen molar-refractivity contribution in [2.75, 3.05) is 42.9 Å². The zero-order valence-corrected chi connectivity index (χ0v) is 18.4. The number of nitrogens with one attached hydrogen (secondary N) is 2. The van der Waals surface area contributed by atoms with Gasteiger partial charge in [-0.15, -0.1) is 0 Å². The van der Waals surface area contributed by atoms with Gasteiger partial charge in [-0.05, 0) is 48.2 Å². The Morgan fingerprint density at radius 1 is 0.844 bits per heavy atom. The number of piperazine rings is 1. The van der Waals surface area contributed by atoms with E-state index in [9.17, 15) is 4.79 Å². The molecular weight excluding hydrogens is 398 g/mol. The van der Waals surface area contributed by atoms with Crippen molar-refractivity contribution in [3.05, 3.63) is 90.1 Å². The fraction of sp³-hybridized carbons (Fsp3) is 0.308. The van der Waals surface area contributed by atoms with Crippen LogP contribution in [-0.2, 0) is 13.0 Å². The molecule has 2 amide bonds. The van der Waals surface area contributed by atoms with Crippen molar-refractivity contribution in [2.45, 2.75) is 19.4 Å². The summed E-state index contributed by atoms with van der Waals surface area (Å²) < 4.78 is 0. The largest absolute Gasteiger partial charge is 0.354 e. The number of urea groups is 1. The van der Waals surface area contributed by atoms with Gasteiger partial charge < -0.3 is 15.5 Å². The highest BCUT2D eigenvalue weighted by Gasteiger charge is 2.17. The smallest absolute Gasteiger partial charge is 0.319 e. The van der Waals surface area contributed by atoms with Crippen LogP contribution in [0.1, 0.15) is 17.5 Å². The number of benzene rings is 2. The van der Waals surface area contributed by atoms with Gasteiger partial charge in [-0.25, -0.2) is 9.78 Å². The first-order valence-electron chi connectivity index (χ1n) is 11.3. The SMILES string of the molecule is O=C(NCCCc1ccccc1)Nc1ccc(CN2CCN(c3ccccn3)CC2)cc1. The van der Waals surface area contributed by atoms with Crippen LogP contribution in [0.25, 0.3) is 0 Å². The maximum atomic E-state index is 12.1. The molecule has 2 aromatic carbocycles. The summed E-state index contributed by atoms with van der Waals surface area (Å²) in [5.74, 6) is 1.06. The molecule has 2 N–H and O–H groups in total. The third-order valence-corrected chi connectivity index (χ3v) is 5.73. The van der Waals surface area contributed by atoms with Crippen LogP contribution in [0.5, 0.6) is 0 Å². The van der Waals surface area contributed by atoms with Gasteiger partial charge in [-0.2, -0.15) is 0 Å². The second-order valence-electron chi connectivity index (χ2n) is 8.12. The van der Waals surface area contributed by atoms with Gasteiger partial charge in [-0.1, -0.05) is 48.5 Å². The van der Waals surface area contributed by atoms with Crippen molar-refractivity contribution in [1.29, 1.82) is 0 Å². The number of rotatable bonds is 8. The van der Waals surface area contributed by atoms with E-state index in [-0.39, 0.29) is 6.03 Å². The van der Waals surface area contributed by atoms with Crippen LogP contribution in [0.15, 0.2) is 79.0 Å². The average molecular weight is 430 g/mol. The minimum atomic E-state index is -0.156. The van der Waals surface area contributed by atoms with Crippen LogP contribution in [0.4, 0.5) is 16.3 Å². The highest BCUT2D eigenvalue weighted by Crippen LogP contribution is 2.16. The molecule has 0 atom stereocenters. The first kappa shape index (κ1) is 21.8. The molecule has 0 unspecified atom stereocenters. The molecule has 0 saturated carbocycles. The number of anilines is 2. The molecule has 0 bridgehead atoms. The number of pyridine rings is 1. The monoisotopic (exact) mass is 429 g/mol. The topological polar surface area (TPSA) is 60.5 Å². The van der Waals surface area contributed by atoms with Crippen molar-refractivity contribution in [1.82, 2.24) is 15.2 Å². The number of carbonyl (C=O) groups is 1. The molecule has 1 saturated heterocycles. The Morgan fingerprint density at radius 3 is 2.31 bits per heavy atom. The van der Waals surface area contributed by atoms with Crippen LogP contribution in [-0.4, -0.2) is 48.6 Å². The van der Waals surface area contributed by atoms with Crippen molar-refractivity contribution in [3.8, 4) is 0 Å². The first-order valence-corrected chi connectivity index (χ1v) is 11.3. The van der Waals surface area contributed by atoms with Crippen LogP contribution in [0.3, 0.4) is 0 Å².